The van der Waals surface area contributed by atoms with Crippen LogP contribution in [0.4, 0.5) is 0 Å². The second-order valence-electron chi connectivity index (χ2n) is 5.14. The van der Waals surface area contributed by atoms with Gasteiger partial charge in [0.25, 0.3) is 0 Å². The van der Waals surface area contributed by atoms with E-state index in [1.165, 1.54) is 43.2 Å². The zero-order valence-electron chi connectivity index (χ0n) is 14.6. The molecule has 2 amide bonds. The van der Waals surface area contributed by atoms with Gasteiger partial charge in [-0.2, -0.15) is 0 Å². The van der Waals surface area contributed by atoms with Crippen LogP contribution in [0.15, 0.2) is 18.2 Å². The number of aliphatic hydroxyl groups is 1. The molecule has 140 valence electrons. The average Bonchev–Trinajstić information content (AvgIpc) is 2.64. The molecule has 2 unspecified atom stereocenters. The molecule has 0 aromatic heterocycles. The van der Waals surface area contributed by atoms with Gasteiger partial charge in [0.1, 0.15) is 0 Å². The summed E-state index contributed by atoms with van der Waals surface area (Å²) in [6.07, 6.45) is -0.411. The summed E-state index contributed by atoms with van der Waals surface area (Å²) >= 11 is 3.06. The summed E-state index contributed by atoms with van der Waals surface area (Å²) in [7, 11) is 2.96. The monoisotopic (exact) mass is 432 g/mol. The third kappa shape index (κ3) is 7.18. The Morgan fingerprint density at radius 2 is 1.80 bits per heavy atom. The number of hydrogen-bond donors (Lipinski definition) is 3. The first-order valence-electron chi connectivity index (χ1n) is 7.77. The SMILES string of the molecule is CCSCC[C@@H]([AsH2])C(O)C(=O)NNC(=O)c1cc(OC)cc(OC)c1. The number of ether oxygens (including phenoxy) is 2. The van der Waals surface area contributed by atoms with Crippen molar-refractivity contribution in [2.24, 2.45) is 0 Å². The molecule has 7 nitrogen and oxygen atoms in total. The topological polar surface area (TPSA) is 96.9 Å². The number of hydrogen-bond acceptors (Lipinski definition) is 6. The molecular formula is C16H25AsN2O5S. The van der Waals surface area contributed by atoms with Gasteiger partial charge in [0.05, 0.1) is 0 Å². The summed E-state index contributed by atoms with van der Waals surface area (Å²) in [5, 5.41) is 10.0. The predicted octanol–water partition coefficient (Wildman–Crippen LogP) is 0.390. The van der Waals surface area contributed by atoms with E-state index in [1.807, 2.05) is 0 Å². The second kappa shape index (κ2) is 11.3. The molecule has 0 aliphatic carbocycles. The molecule has 25 heavy (non-hydrogen) atoms. The number of carbonyl (C=O) groups excluding carboxylic acids is 2. The Kier molecular flexibility index (Phi) is 9.78. The van der Waals surface area contributed by atoms with E-state index >= 15 is 0 Å². The molecule has 0 saturated heterocycles. The number of methoxy groups -OCH3 is 2. The van der Waals surface area contributed by atoms with Crippen molar-refractivity contribution in [2.75, 3.05) is 25.7 Å². The number of aliphatic hydroxyl groups excluding tert-OH is 1. The summed E-state index contributed by atoms with van der Waals surface area (Å²) in [6.45, 7) is 2.06. The van der Waals surface area contributed by atoms with Crippen LogP contribution in [-0.4, -0.2) is 65.6 Å². The summed E-state index contributed by atoms with van der Waals surface area (Å²) in [6, 6.07) is 4.68. The predicted molar refractivity (Wildman–Crippen MR) is 101 cm³/mol. The fourth-order valence-electron chi connectivity index (χ4n) is 1.92. The number of hydrazine groups is 1. The van der Waals surface area contributed by atoms with Crippen molar-refractivity contribution in [3.8, 4) is 11.5 Å². The normalized spacial score (nSPS) is 12.8. The average molecular weight is 432 g/mol. The Balaban J connectivity index is 2.59. The molecule has 1 aromatic rings. The van der Waals surface area contributed by atoms with Gasteiger partial charge in [0.15, 0.2) is 0 Å². The molecule has 0 spiro atoms. The molecule has 0 radical (unpaired) electrons. The van der Waals surface area contributed by atoms with E-state index in [0.717, 1.165) is 17.9 Å². The van der Waals surface area contributed by atoms with Gasteiger partial charge in [-0.1, -0.05) is 0 Å². The standard InChI is InChI=1S/C16H25AsN2O5S/c1-4-25-6-5-13(17)14(20)16(22)19-18-15(21)10-7-11(23-2)9-12(8-10)24-3/h7-9,13-14,20H,4-6,17H2,1-3H3,(H,18,21)(H,19,22)/t13-,14?/m1/s1. The van der Waals surface area contributed by atoms with Gasteiger partial charge in [-0.3, -0.25) is 0 Å². The fraction of sp³-hybridized carbons (Fsp3) is 0.500. The van der Waals surface area contributed by atoms with E-state index in [-0.39, 0.29) is 10.3 Å². The van der Waals surface area contributed by atoms with Crippen LogP contribution in [-0.2, 0) is 4.79 Å². The van der Waals surface area contributed by atoms with E-state index in [1.54, 1.807) is 17.8 Å². The Morgan fingerprint density at radius 3 is 2.32 bits per heavy atom. The van der Waals surface area contributed by atoms with Crippen molar-refractivity contribution in [3.05, 3.63) is 23.8 Å². The second-order valence-corrected chi connectivity index (χ2v) is 8.33. The van der Waals surface area contributed by atoms with Crippen LogP contribution in [0.2, 0.25) is 4.71 Å². The van der Waals surface area contributed by atoms with Crippen LogP contribution in [0.5, 0.6) is 11.5 Å². The van der Waals surface area contributed by atoms with Crippen molar-refractivity contribution in [1.82, 2.24) is 10.9 Å². The van der Waals surface area contributed by atoms with Gasteiger partial charge in [-0.25, -0.2) is 0 Å². The first kappa shape index (κ1) is 21.7. The number of thioether (sulfide) groups is 1. The van der Waals surface area contributed by atoms with Crippen LogP contribution in [0.3, 0.4) is 0 Å². The van der Waals surface area contributed by atoms with E-state index in [2.05, 4.69) is 17.8 Å². The molecule has 0 bridgehead atoms. The molecule has 1 rings (SSSR count). The molecule has 1 aromatic carbocycles. The van der Waals surface area contributed by atoms with Crippen LogP contribution < -0.4 is 20.3 Å². The van der Waals surface area contributed by atoms with Gasteiger partial charge >= 0.3 is 161 Å². The van der Waals surface area contributed by atoms with Gasteiger partial charge in [0.2, 0.25) is 0 Å². The Bertz CT molecular complexity index is 565. The third-order valence-corrected chi connectivity index (χ3v) is 5.78. The van der Waals surface area contributed by atoms with Crippen molar-refractivity contribution < 1.29 is 24.2 Å². The van der Waals surface area contributed by atoms with Crippen LogP contribution in [0.1, 0.15) is 23.7 Å². The van der Waals surface area contributed by atoms with E-state index < -0.39 is 17.9 Å². The first-order chi connectivity index (χ1) is 11.9. The molecule has 0 fully saturated rings. The van der Waals surface area contributed by atoms with Crippen molar-refractivity contribution in [2.45, 2.75) is 24.2 Å². The van der Waals surface area contributed by atoms with E-state index in [9.17, 15) is 14.7 Å². The van der Waals surface area contributed by atoms with Crippen LogP contribution in [0, 0.1) is 0 Å². The molecular weight excluding hydrogens is 407 g/mol. The summed E-state index contributed by atoms with van der Waals surface area (Å²) in [4.78, 5) is 24.1. The van der Waals surface area contributed by atoms with Crippen LogP contribution in [0.25, 0.3) is 0 Å². The van der Waals surface area contributed by atoms with Crippen LogP contribution >= 0.6 is 11.8 Å². The Labute approximate surface area is 160 Å². The summed E-state index contributed by atoms with van der Waals surface area (Å²) in [5.41, 5.74) is 4.82. The summed E-state index contributed by atoms with van der Waals surface area (Å²) in [5.74, 6) is 1.65. The van der Waals surface area contributed by atoms with Gasteiger partial charge < -0.3 is 0 Å². The maximum absolute atomic E-state index is 12.2. The Morgan fingerprint density at radius 1 is 1.20 bits per heavy atom. The van der Waals surface area contributed by atoms with E-state index in [0.29, 0.717) is 11.5 Å². The van der Waals surface area contributed by atoms with Gasteiger partial charge in [0, 0.05) is 0 Å². The first-order valence-corrected chi connectivity index (χ1v) is 10.3. The fourth-order valence-corrected chi connectivity index (χ4v) is 3.87. The summed E-state index contributed by atoms with van der Waals surface area (Å²) < 4.78 is 10.1. The minimum absolute atomic E-state index is 0.139. The number of rotatable bonds is 9. The van der Waals surface area contributed by atoms with Gasteiger partial charge in [-0.05, 0) is 0 Å². The Hall–Kier alpha value is -1.37. The number of carbonyl (C=O) groups is 2. The number of benzene rings is 1. The molecule has 0 heterocycles. The third-order valence-electron chi connectivity index (χ3n) is 3.39. The molecule has 3 atom stereocenters. The molecule has 9 heteroatoms. The van der Waals surface area contributed by atoms with Crippen molar-refractivity contribution in [3.63, 3.8) is 0 Å². The zero-order chi connectivity index (χ0) is 18.8. The van der Waals surface area contributed by atoms with Crippen molar-refractivity contribution >= 4 is 40.4 Å². The maximum atomic E-state index is 12.2. The minimum atomic E-state index is -1.15. The van der Waals surface area contributed by atoms with E-state index in [4.69, 9.17) is 9.47 Å². The number of nitrogens with one attached hydrogen (secondary N) is 2. The van der Waals surface area contributed by atoms with Gasteiger partial charge in [-0.15, -0.1) is 0 Å². The number of amides is 2. The quantitative estimate of drug-likeness (QED) is 0.297. The molecule has 0 aliphatic rings. The zero-order valence-corrected chi connectivity index (χ0v) is 17.8. The molecule has 0 aliphatic heterocycles. The molecule has 0 saturated carbocycles. The molecule has 3 N–H and O–H groups in total. The van der Waals surface area contributed by atoms with Crippen molar-refractivity contribution in [1.29, 1.82) is 0 Å².